The van der Waals surface area contributed by atoms with Gasteiger partial charge < -0.3 is 10.5 Å². The Kier molecular flexibility index (Phi) is 3.62. The normalized spacial score (nSPS) is 19.8. The molecule has 86 valence electrons. The van der Waals surface area contributed by atoms with Crippen LogP contribution in [0.2, 0.25) is 0 Å². The van der Waals surface area contributed by atoms with Gasteiger partial charge in [-0.1, -0.05) is 18.2 Å². The van der Waals surface area contributed by atoms with Crippen molar-refractivity contribution in [3.63, 3.8) is 0 Å². The van der Waals surface area contributed by atoms with Crippen LogP contribution in [0.25, 0.3) is 0 Å². The number of ether oxygens (including phenoxy) is 1. The van der Waals surface area contributed by atoms with Crippen molar-refractivity contribution in [2.45, 2.75) is 32.2 Å². The van der Waals surface area contributed by atoms with Gasteiger partial charge in [0.2, 0.25) is 0 Å². The fraction of sp³-hybridized carbons (Fsp3) is 0.429. The molecule has 0 aromatic heterocycles. The van der Waals surface area contributed by atoms with E-state index < -0.39 is 0 Å². The lowest BCUT2D eigenvalue weighted by molar-refractivity contribution is 0.361. The first-order valence-corrected chi connectivity index (χ1v) is 5.93. The smallest absolute Gasteiger partial charge is 0.120 e. The highest BCUT2D eigenvalue weighted by Gasteiger charge is 2.16. The van der Waals surface area contributed by atoms with Crippen molar-refractivity contribution in [3.8, 4) is 5.75 Å². The Morgan fingerprint density at radius 3 is 3.19 bits per heavy atom. The molecule has 0 saturated heterocycles. The fourth-order valence-electron chi connectivity index (χ4n) is 2.14. The average Bonchev–Trinajstić information content (AvgIpc) is 2.30. The first-order valence-electron chi connectivity index (χ1n) is 5.93. The summed E-state index contributed by atoms with van der Waals surface area (Å²) >= 11 is 0. The SMILES string of the molecule is C/C=C/COc1ccc2c(c1)[C@H](N)CCC2. The summed E-state index contributed by atoms with van der Waals surface area (Å²) in [5.74, 6) is 0.925. The van der Waals surface area contributed by atoms with Crippen LogP contribution in [0, 0.1) is 0 Å². The maximum absolute atomic E-state index is 6.10. The predicted octanol–water partition coefficient (Wildman–Crippen LogP) is 2.98. The van der Waals surface area contributed by atoms with Crippen LogP contribution in [-0.2, 0) is 6.42 Å². The molecule has 1 aromatic rings. The van der Waals surface area contributed by atoms with Crippen LogP contribution >= 0.6 is 0 Å². The van der Waals surface area contributed by atoms with E-state index in [0.29, 0.717) is 6.61 Å². The van der Waals surface area contributed by atoms with E-state index in [1.807, 2.05) is 25.1 Å². The highest BCUT2D eigenvalue weighted by Crippen LogP contribution is 2.30. The standard InChI is InChI=1S/C14H19NO/c1-2-3-9-16-12-8-7-11-5-4-6-14(15)13(11)10-12/h2-3,7-8,10,14H,4-6,9,15H2,1H3/b3-2+/t14-/m1/s1. The van der Waals surface area contributed by atoms with Gasteiger partial charge in [-0.25, -0.2) is 0 Å². The molecule has 0 bridgehead atoms. The third kappa shape index (κ3) is 2.45. The zero-order chi connectivity index (χ0) is 11.4. The van der Waals surface area contributed by atoms with Crippen LogP contribution in [0.15, 0.2) is 30.4 Å². The third-order valence-corrected chi connectivity index (χ3v) is 3.06. The van der Waals surface area contributed by atoms with Gasteiger partial charge in [0, 0.05) is 6.04 Å². The summed E-state index contributed by atoms with van der Waals surface area (Å²) in [5, 5.41) is 0. The van der Waals surface area contributed by atoms with E-state index in [1.54, 1.807) is 0 Å². The number of hydrogen-bond donors (Lipinski definition) is 1. The lowest BCUT2D eigenvalue weighted by atomic mass is 9.88. The summed E-state index contributed by atoms with van der Waals surface area (Å²) in [6, 6.07) is 6.48. The predicted molar refractivity (Wildman–Crippen MR) is 66.6 cm³/mol. The molecule has 0 spiro atoms. The minimum Gasteiger partial charge on any atom is -0.490 e. The quantitative estimate of drug-likeness (QED) is 0.790. The van der Waals surface area contributed by atoms with E-state index in [1.165, 1.54) is 17.5 Å². The Labute approximate surface area is 97.1 Å². The van der Waals surface area contributed by atoms with Gasteiger partial charge in [-0.05, 0) is 49.4 Å². The minimum absolute atomic E-state index is 0.189. The van der Waals surface area contributed by atoms with Gasteiger partial charge in [-0.3, -0.25) is 0 Å². The van der Waals surface area contributed by atoms with E-state index in [4.69, 9.17) is 10.5 Å². The molecule has 2 rings (SSSR count). The Hall–Kier alpha value is -1.28. The summed E-state index contributed by atoms with van der Waals surface area (Å²) in [7, 11) is 0. The van der Waals surface area contributed by atoms with Crippen molar-refractivity contribution in [3.05, 3.63) is 41.5 Å². The summed E-state index contributed by atoms with van der Waals surface area (Å²) in [5.41, 5.74) is 8.75. The second-order valence-corrected chi connectivity index (χ2v) is 4.24. The number of aryl methyl sites for hydroxylation is 1. The van der Waals surface area contributed by atoms with Crippen molar-refractivity contribution in [1.82, 2.24) is 0 Å². The lowest BCUT2D eigenvalue weighted by Crippen LogP contribution is -2.17. The van der Waals surface area contributed by atoms with E-state index in [2.05, 4.69) is 12.1 Å². The monoisotopic (exact) mass is 217 g/mol. The lowest BCUT2D eigenvalue weighted by Gasteiger charge is -2.22. The molecule has 1 aromatic carbocycles. The maximum atomic E-state index is 6.10. The second-order valence-electron chi connectivity index (χ2n) is 4.24. The molecule has 1 aliphatic rings. The molecule has 0 saturated carbocycles. The third-order valence-electron chi connectivity index (χ3n) is 3.06. The Bertz CT molecular complexity index is 384. The van der Waals surface area contributed by atoms with Gasteiger partial charge in [-0.2, -0.15) is 0 Å². The van der Waals surface area contributed by atoms with Gasteiger partial charge >= 0.3 is 0 Å². The molecule has 1 atom stereocenters. The molecule has 0 unspecified atom stereocenters. The number of nitrogens with two attached hydrogens (primary N) is 1. The number of allylic oxidation sites excluding steroid dienone is 1. The van der Waals surface area contributed by atoms with Crippen LogP contribution < -0.4 is 10.5 Å². The second kappa shape index (κ2) is 5.17. The molecule has 0 heterocycles. The highest BCUT2D eigenvalue weighted by atomic mass is 16.5. The van der Waals surface area contributed by atoms with Gasteiger partial charge in [-0.15, -0.1) is 0 Å². The number of fused-ring (bicyclic) bond motifs is 1. The first-order chi connectivity index (χ1) is 7.81. The number of hydrogen-bond acceptors (Lipinski definition) is 2. The van der Waals surface area contributed by atoms with Crippen molar-refractivity contribution in [1.29, 1.82) is 0 Å². The summed E-state index contributed by atoms with van der Waals surface area (Å²) in [6.07, 6.45) is 7.43. The van der Waals surface area contributed by atoms with Gasteiger partial charge in [0.05, 0.1) is 0 Å². The fourth-order valence-corrected chi connectivity index (χ4v) is 2.14. The molecule has 0 fully saturated rings. The zero-order valence-electron chi connectivity index (χ0n) is 9.78. The number of rotatable bonds is 3. The molecule has 1 aliphatic carbocycles. The van der Waals surface area contributed by atoms with Gasteiger partial charge in [0.25, 0.3) is 0 Å². The summed E-state index contributed by atoms with van der Waals surface area (Å²) in [6.45, 7) is 2.62. The van der Waals surface area contributed by atoms with Crippen molar-refractivity contribution in [2.24, 2.45) is 5.73 Å². The molecular formula is C14H19NO. The van der Waals surface area contributed by atoms with Crippen molar-refractivity contribution < 1.29 is 4.74 Å². The molecule has 16 heavy (non-hydrogen) atoms. The van der Waals surface area contributed by atoms with Gasteiger partial charge in [0.15, 0.2) is 0 Å². The molecule has 0 aliphatic heterocycles. The topological polar surface area (TPSA) is 35.2 Å². The average molecular weight is 217 g/mol. The molecule has 0 radical (unpaired) electrons. The molecule has 2 N–H and O–H groups in total. The number of benzene rings is 1. The summed E-state index contributed by atoms with van der Waals surface area (Å²) < 4.78 is 5.62. The van der Waals surface area contributed by atoms with E-state index >= 15 is 0 Å². The molecule has 2 heteroatoms. The van der Waals surface area contributed by atoms with Crippen LogP contribution in [-0.4, -0.2) is 6.61 Å². The van der Waals surface area contributed by atoms with Crippen molar-refractivity contribution in [2.75, 3.05) is 6.61 Å². The Morgan fingerprint density at radius 2 is 2.38 bits per heavy atom. The highest BCUT2D eigenvalue weighted by molar-refractivity contribution is 5.39. The van der Waals surface area contributed by atoms with E-state index in [9.17, 15) is 0 Å². The minimum atomic E-state index is 0.189. The Balaban J connectivity index is 2.14. The van der Waals surface area contributed by atoms with Crippen LogP contribution in [0.1, 0.15) is 36.9 Å². The van der Waals surface area contributed by atoms with Gasteiger partial charge in [0.1, 0.15) is 12.4 Å². The molecule has 0 amide bonds. The summed E-state index contributed by atoms with van der Waals surface area (Å²) in [4.78, 5) is 0. The van der Waals surface area contributed by atoms with Crippen LogP contribution in [0.3, 0.4) is 0 Å². The Morgan fingerprint density at radius 1 is 1.50 bits per heavy atom. The van der Waals surface area contributed by atoms with Crippen molar-refractivity contribution >= 4 is 0 Å². The van der Waals surface area contributed by atoms with E-state index in [0.717, 1.165) is 18.6 Å². The largest absolute Gasteiger partial charge is 0.490 e. The van der Waals surface area contributed by atoms with E-state index in [-0.39, 0.29) is 6.04 Å². The van der Waals surface area contributed by atoms with Crippen LogP contribution in [0.4, 0.5) is 0 Å². The molecule has 2 nitrogen and oxygen atoms in total. The molecular weight excluding hydrogens is 198 g/mol. The maximum Gasteiger partial charge on any atom is 0.120 e. The van der Waals surface area contributed by atoms with Crippen LogP contribution in [0.5, 0.6) is 5.75 Å². The first kappa shape index (κ1) is 11.2. The zero-order valence-corrected chi connectivity index (χ0v) is 9.78.